The summed E-state index contributed by atoms with van der Waals surface area (Å²) in [5.41, 5.74) is 2.98. The second-order valence-electron chi connectivity index (χ2n) is 10.6. The van der Waals surface area contributed by atoms with Crippen LogP contribution in [0.15, 0.2) is 59.3 Å². The third-order valence-electron chi connectivity index (χ3n) is 7.40. The Balaban J connectivity index is 1.27. The Morgan fingerprint density at radius 2 is 1.50 bits per heavy atom. The number of benzene rings is 2. The van der Waals surface area contributed by atoms with Crippen LogP contribution in [0.3, 0.4) is 0 Å². The van der Waals surface area contributed by atoms with Crippen molar-refractivity contribution in [1.82, 2.24) is 4.90 Å². The van der Waals surface area contributed by atoms with Gasteiger partial charge in [0.2, 0.25) is 0 Å². The predicted molar refractivity (Wildman–Crippen MR) is 156 cm³/mol. The first-order valence-corrected chi connectivity index (χ1v) is 14.3. The van der Waals surface area contributed by atoms with Gasteiger partial charge in [-0.3, -0.25) is 4.90 Å². The van der Waals surface area contributed by atoms with Crippen LogP contribution in [0, 0.1) is 0 Å². The first kappa shape index (κ1) is 26.5. The second kappa shape index (κ2) is 13.6. The quantitative estimate of drug-likeness (QED) is 0.255. The molecule has 0 amide bonds. The SMILES string of the molecule is CCCCCCCCCCCCCCNc1cc2c(c3ccccc13)N=C1C=CC(N(C)C)C=C1O2. The molecule has 1 atom stereocenters. The summed E-state index contributed by atoms with van der Waals surface area (Å²) in [6.45, 7) is 3.28. The van der Waals surface area contributed by atoms with Gasteiger partial charge < -0.3 is 10.1 Å². The molecule has 0 bridgehead atoms. The maximum absolute atomic E-state index is 6.40. The standard InChI is InChI=1S/C32H45N3O/c1-4-5-6-7-8-9-10-11-12-13-14-17-22-33-29-24-31-32(27-19-16-15-18-26(27)29)34-28-21-20-25(35(2)3)23-30(28)36-31/h15-16,18-21,23-25,33H,4-14,17,22H2,1-3H3. The number of nitrogens with one attached hydrogen (secondary N) is 1. The first-order chi connectivity index (χ1) is 17.7. The second-order valence-corrected chi connectivity index (χ2v) is 10.6. The number of hydrogen-bond acceptors (Lipinski definition) is 4. The average molecular weight is 488 g/mol. The molecule has 1 unspecified atom stereocenters. The molecule has 2 aliphatic rings. The van der Waals surface area contributed by atoms with Crippen molar-refractivity contribution in [3.63, 3.8) is 0 Å². The van der Waals surface area contributed by atoms with Crippen LogP contribution in [-0.2, 0) is 0 Å². The van der Waals surface area contributed by atoms with E-state index in [-0.39, 0.29) is 6.04 Å². The van der Waals surface area contributed by atoms with E-state index in [4.69, 9.17) is 9.73 Å². The summed E-state index contributed by atoms with van der Waals surface area (Å²) in [4.78, 5) is 7.16. The number of rotatable bonds is 15. The van der Waals surface area contributed by atoms with Crippen molar-refractivity contribution in [3.05, 3.63) is 54.3 Å². The van der Waals surface area contributed by atoms with E-state index in [0.717, 1.165) is 40.5 Å². The Kier molecular flexibility index (Phi) is 10.0. The average Bonchev–Trinajstić information content (AvgIpc) is 2.90. The summed E-state index contributed by atoms with van der Waals surface area (Å²) in [5, 5.41) is 6.05. The molecule has 1 heterocycles. The van der Waals surface area contributed by atoms with Crippen LogP contribution in [0.5, 0.6) is 5.75 Å². The zero-order valence-corrected chi connectivity index (χ0v) is 22.7. The zero-order valence-electron chi connectivity index (χ0n) is 22.7. The number of hydrogen-bond donors (Lipinski definition) is 1. The largest absolute Gasteiger partial charge is 0.453 e. The van der Waals surface area contributed by atoms with Gasteiger partial charge in [0.05, 0.1) is 0 Å². The number of nitrogens with zero attached hydrogens (tertiary/aromatic N) is 2. The molecule has 1 aliphatic heterocycles. The maximum atomic E-state index is 6.40. The van der Waals surface area contributed by atoms with Crippen molar-refractivity contribution in [2.45, 2.75) is 90.0 Å². The Bertz CT molecular complexity index is 1080. The van der Waals surface area contributed by atoms with Crippen molar-refractivity contribution < 1.29 is 4.74 Å². The van der Waals surface area contributed by atoms with E-state index in [1.807, 2.05) is 0 Å². The Morgan fingerprint density at radius 3 is 2.17 bits per heavy atom. The van der Waals surface area contributed by atoms with Crippen molar-refractivity contribution in [1.29, 1.82) is 0 Å². The summed E-state index contributed by atoms with van der Waals surface area (Å²) in [5.74, 6) is 1.69. The summed E-state index contributed by atoms with van der Waals surface area (Å²) >= 11 is 0. The van der Waals surface area contributed by atoms with E-state index >= 15 is 0 Å². The molecule has 0 radical (unpaired) electrons. The number of aliphatic imine (C=N–C) groups is 1. The predicted octanol–water partition coefficient (Wildman–Crippen LogP) is 8.80. The van der Waals surface area contributed by atoms with Crippen LogP contribution >= 0.6 is 0 Å². The van der Waals surface area contributed by atoms with Gasteiger partial charge in [-0.2, -0.15) is 0 Å². The minimum Gasteiger partial charge on any atom is -0.453 e. The molecule has 36 heavy (non-hydrogen) atoms. The van der Waals surface area contributed by atoms with Gasteiger partial charge in [0.25, 0.3) is 0 Å². The third-order valence-corrected chi connectivity index (χ3v) is 7.40. The Labute approximate surface area is 218 Å². The van der Waals surface area contributed by atoms with Gasteiger partial charge in [-0.25, -0.2) is 4.99 Å². The molecular weight excluding hydrogens is 442 g/mol. The highest BCUT2D eigenvalue weighted by molar-refractivity contribution is 6.14. The van der Waals surface area contributed by atoms with Gasteiger partial charge in [0.1, 0.15) is 11.4 Å². The smallest absolute Gasteiger partial charge is 0.155 e. The molecule has 0 spiro atoms. The van der Waals surface area contributed by atoms with Gasteiger partial charge in [-0.05, 0) is 32.7 Å². The number of fused-ring (bicyclic) bond motifs is 4. The molecule has 0 saturated heterocycles. The zero-order chi connectivity index (χ0) is 25.2. The van der Waals surface area contributed by atoms with Crippen LogP contribution in [0.2, 0.25) is 0 Å². The lowest BCUT2D eigenvalue weighted by molar-refractivity contribution is 0.375. The van der Waals surface area contributed by atoms with Crippen molar-refractivity contribution in [2.75, 3.05) is 26.0 Å². The van der Waals surface area contributed by atoms with Gasteiger partial charge >= 0.3 is 0 Å². The van der Waals surface area contributed by atoms with Gasteiger partial charge in [-0.15, -0.1) is 0 Å². The first-order valence-electron chi connectivity index (χ1n) is 14.3. The van der Waals surface area contributed by atoms with E-state index in [0.29, 0.717) is 0 Å². The Morgan fingerprint density at radius 1 is 0.861 bits per heavy atom. The molecule has 0 aromatic heterocycles. The Hall–Kier alpha value is -2.59. The van der Waals surface area contributed by atoms with Gasteiger partial charge in [0, 0.05) is 35.1 Å². The summed E-state index contributed by atoms with van der Waals surface area (Å²) in [6, 6.07) is 10.9. The molecule has 4 heteroatoms. The van der Waals surface area contributed by atoms with E-state index in [1.165, 1.54) is 82.4 Å². The molecule has 4 nitrogen and oxygen atoms in total. The highest BCUT2D eigenvalue weighted by Crippen LogP contribution is 2.44. The van der Waals surface area contributed by atoms with E-state index in [1.54, 1.807) is 0 Å². The van der Waals surface area contributed by atoms with E-state index in [9.17, 15) is 0 Å². The summed E-state index contributed by atoms with van der Waals surface area (Å²) in [6.07, 6.45) is 22.9. The van der Waals surface area contributed by atoms with Crippen molar-refractivity contribution >= 4 is 27.9 Å². The molecule has 1 aliphatic carbocycles. The number of anilines is 1. The van der Waals surface area contributed by atoms with Crippen molar-refractivity contribution in [3.8, 4) is 5.75 Å². The molecule has 2 aromatic rings. The fourth-order valence-corrected chi connectivity index (χ4v) is 5.17. The lowest BCUT2D eigenvalue weighted by Gasteiger charge is -2.26. The number of allylic oxidation sites excluding steroid dienone is 1. The normalized spacial score (nSPS) is 16.4. The van der Waals surface area contributed by atoms with Crippen molar-refractivity contribution in [2.24, 2.45) is 4.99 Å². The van der Waals surface area contributed by atoms with Gasteiger partial charge in [-0.1, -0.05) is 108 Å². The van der Waals surface area contributed by atoms with E-state index < -0.39 is 0 Å². The van der Waals surface area contributed by atoms with Crippen LogP contribution in [-0.4, -0.2) is 37.3 Å². The number of unbranched alkanes of at least 4 members (excludes halogenated alkanes) is 11. The molecule has 4 rings (SSSR count). The van der Waals surface area contributed by atoms with E-state index in [2.05, 4.69) is 79.8 Å². The topological polar surface area (TPSA) is 36.9 Å². The van der Waals surface area contributed by atoms with Gasteiger partial charge in [0.15, 0.2) is 11.5 Å². The summed E-state index contributed by atoms with van der Waals surface area (Å²) < 4.78 is 6.40. The third kappa shape index (κ3) is 7.00. The highest BCUT2D eigenvalue weighted by Gasteiger charge is 2.24. The minimum atomic E-state index is 0.226. The highest BCUT2D eigenvalue weighted by atomic mass is 16.5. The minimum absolute atomic E-state index is 0.226. The monoisotopic (exact) mass is 487 g/mol. The number of ether oxygens (including phenoxy) is 1. The maximum Gasteiger partial charge on any atom is 0.155 e. The molecule has 0 saturated carbocycles. The summed E-state index contributed by atoms with van der Waals surface area (Å²) in [7, 11) is 4.16. The fourth-order valence-electron chi connectivity index (χ4n) is 5.17. The van der Waals surface area contributed by atoms with Crippen LogP contribution < -0.4 is 10.1 Å². The molecule has 2 aromatic carbocycles. The fraction of sp³-hybridized carbons (Fsp3) is 0.531. The van der Waals surface area contributed by atoms with Crippen LogP contribution in [0.25, 0.3) is 10.8 Å². The molecule has 1 N–H and O–H groups in total. The number of likely N-dealkylation sites (N-methyl/N-ethyl adjacent to an activating group) is 1. The van der Waals surface area contributed by atoms with Crippen LogP contribution in [0.4, 0.5) is 11.4 Å². The molecule has 194 valence electrons. The lowest BCUT2D eigenvalue weighted by Crippen LogP contribution is -2.29. The molecule has 0 fully saturated rings. The lowest BCUT2D eigenvalue weighted by atomic mass is 10.0. The van der Waals surface area contributed by atoms with Crippen LogP contribution in [0.1, 0.15) is 84.0 Å². The molecular formula is C32H45N3O.